The van der Waals surface area contributed by atoms with Gasteiger partial charge in [-0.25, -0.2) is 0 Å². The Bertz CT molecular complexity index is 551. The Morgan fingerprint density at radius 1 is 1.47 bits per heavy atom. The van der Waals surface area contributed by atoms with Gasteiger partial charge in [0, 0.05) is 30.1 Å². The Hall–Kier alpha value is -2.17. The maximum atomic E-state index is 9.74. The minimum atomic E-state index is 0.119. The van der Waals surface area contributed by atoms with Crippen LogP contribution in [0.2, 0.25) is 0 Å². The first-order chi connectivity index (χ1) is 9.13. The smallest absolute Gasteiger partial charge is 0.160 e. The van der Waals surface area contributed by atoms with E-state index in [2.05, 4.69) is 24.3 Å². The molecule has 0 aliphatic heterocycles. The van der Waals surface area contributed by atoms with Crippen LogP contribution < -0.4 is 10.1 Å². The average molecular weight is 261 g/mol. The van der Waals surface area contributed by atoms with Crippen molar-refractivity contribution < 1.29 is 9.84 Å². The second kappa shape index (κ2) is 5.65. The summed E-state index contributed by atoms with van der Waals surface area (Å²) in [6.07, 6.45) is 3.87. The molecule has 19 heavy (non-hydrogen) atoms. The molecule has 1 unspecified atom stereocenters. The molecule has 1 heterocycles. The number of phenolic OH excluding ortho intramolecular Hbond substituents is 1. The molecule has 1 aromatic heterocycles. The molecule has 0 bridgehead atoms. The quantitative estimate of drug-likeness (QED) is 0.869. The molecule has 0 saturated heterocycles. The number of methoxy groups -OCH3 is 1. The minimum Gasteiger partial charge on any atom is -0.504 e. The van der Waals surface area contributed by atoms with Crippen LogP contribution in [0, 0.1) is 0 Å². The van der Waals surface area contributed by atoms with Crippen molar-refractivity contribution in [1.82, 2.24) is 9.78 Å². The zero-order valence-corrected chi connectivity index (χ0v) is 11.4. The van der Waals surface area contributed by atoms with Gasteiger partial charge in [0.2, 0.25) is 0 Å². The number of aryl methyl sites for hydroxylation is 1. The number of hydrogen-bond acceptors (Lipinski definition) is 4. The molecule has 0 aliphatic carbocycles. The van der Waals surface area contributed by atoms with E-state index in [-0.39, 0.29) is 11.8 Å². The number of benzene rings is 1. The summed E-state index contributed by atoms with van der Waals surface area (Å²) in [6.45, 7) is 4.96. The summed E-state index contributed by atoms with van der Waals surface area (Å²) in [6, 6.07) is 5.38. The van der Waals surface area contributed by atoms with E-state index >= 15 is 0 Å². The fourth-order valence-corrected chi connectivity index (χ4v) is 1.89. The van der Waals surface area contributed by atoms with Gasteiger partial charge in [-0.15, -0.1) is 0 Å². The number of aromatic nitrogens is 2. The van der Waals surface area contributed by atoms with Crippen LogP contribution in [-0.4, -0.2) is 22.0 Å². The summed E-state index contributed by atoms with van der Waals surface area (Å²) in [4.78, 5) is 0. The van der Waals surface area contributed by atoms with Crippen molar-refractivity contribution in [2.75, 3.05) is 12.4 Å². The molecule has 0 aliphatic rings. The fourth-order valence-electron chi connectivity index (χ4n) is 1.89. The van der Waals surface area contributed by atoms with Crippen molar-refractivity contribution in [3.05, 3.63) is 36.2 Å². The fraction of sp³-hybridized carbons (Fsp3) is 0.357. The number of ether oxygens (including phenoxy) is 1. The second-order valence-electron chi connectivity index (χ2n) is 4.38. The van der Waals surface area contributed by atoms with E-state index in [4.69, 9.17) is 4.74 Å². The Morgan fingerprint density at radius 3 is 2.84 bits per heavy atom. The first-order valence-corrected chi connectivity index (χ1v) is 6.30. The van der Waals surface area contributed by atoms with Gasteiger partial charge in [0.15, 0.2) is 11.5 Å². The number of hydrogen-bond donors (Lipinski definition) is 2. The molecule has 2 aromatic rings. The van der Waals surface area contributed by atoms with Crippen molar-refractivity contribution in [3.63, 3.8) is 0 Å². The first-order valence-electron chi connectivity index (χ1n) is 6.30. The topological polar surface area (TPSA) is 59.3 Å². The van der Waals surface area contributed by atoms with Gasteiger partial charge in [0.1, 0.15) is 0 Å². The first kappa shape index (κ1) is 13.3. The lowest BCUT2D eigenvalue weighted by Gasteiger charge is -2.14. The molecule has 2 N–H and O–H groups in total. The van der Waals surface area contributed by atoms with E-state index < -0.39 is 0 Å². The molecule has 5 heteroatoms. The predicted octanol–water partition coefficient (Wildman–Crippen LogP) is 2.79. The summed E-state index contributed by atoms with van der Waals surface area (Å²) >= 11 is 0. The largest absolute Gasteiger partial charge is 0.504 e. The molecule has 1 aromatic carbocycles. The molecule has 0 fully saturated rings. The summed E-state index contributed by atoms with van der Waals surface area (Å²) in [7, 11) is 1.53. The number of nitrogens with one attached hydrogen (secondary N) is 1. The summed E-state index contributed by atoms with van der Waals surface area (Å²) < 4.78 is 6.90. The highest BCUT2D eigenvalue weighted by Crippen LogP contribution is 2.30. The van der Waals surface area contributed by atoms with Gasteiger partial charge in [-0.2, -0.15) is 5.10 Å². The molecule has 0 radical (unpaired) electrons. The van der Waals surface area contributed by atoms with E-state index in [0.29, 0.717) is 5.75 Å². The van der Waals surface area contributed by atoms with Crippen LogP contribution in [0.4, 0.5) is 5.69 Å². The zero-order chi connectivity index (χ0) is 13.8. The summed E-state index contributed by atoms with van der Waals surface area (Å²) in [5.74, 6) is 0.598. The van der Waals surface area contributed by atoms with Crippen LogP contribution in [0.5, 0.6) is 11.5 Å². The third-order valence-electron chi connectivity index (χ3n) is 3.04. The van der Waals surface area contributed by atoms with E-state index in [1.807, 2.05) is 23.1 Å². The number of phenols is 1. The maximum Gasteiger partial charge on any atom is 0.160 e. The minimum absolute atomic E-state index is 0.119. The highest BCUT2D eigenvalue weighted by Gasteiger charge is 2.09. The summed E-state index contributed by atoms with van der Waals surface area (Å²) in [5.41, 5.74) is 1.95. The van der Waals surface area contributed by atoms with Crippen LogP contribution in [-0.2, 0) is 6.54 Å². The van der Waals surface area contributed by atoms with Gasteiger partial charge >= 0.3 is 0 Å². The molecule has 1 atom stereocenters. The predicted molar refractivity (Wildman–Crippen MR) is 74.6 cm³/mol. The Kier molecular flexibility index (Phi) is 3.94. The third-order valence-corrected chi connectivity index (χ3v) is 3.04. The van der Waals surface area contributed by atoms with Crippen molar-refractivity contribution >= 4 is 5.69 Å². The molecule has 0 spiro atoms. The molecule has 2 rings (SSSR count). The molecular formula is C14H19N3O2. The highest BCUT2D eigenvalue weighted by molar-refractivity contribution is 5.54. The molecule has 0 saturated carbocycles. The van der Waals surface area contributed by atoms with E-state index in [9.17, 15) is 5.11 Å². The molecule has 5 nitrogen and oxygen atoms in total. The molecule has 0 amide bonds. The van der Waals surface area contributed by atoms with Crippen LogP contribution >= 0.6 is 0 Å². The van der Waals surface area contributed by atoms with Crippen LogP contribution in [0.25, 0.3) is 0 Å². The normalized spacial score (nSPS) is 12.2. The lowest BCUT2D eigenvalue weighted by atomic mass is 10.1. The second-order valence-corrected chi connectivity index (χ2v) is 4.38. The van der Waals surface area contributed by atoms with Gasteiger partial charge in [-0.1, -0.05) is 0 Å². The highest BCUT2D eigenvalue weighted by atomic mass is 16.5. The third kappa shape index (κ3) is 2.99. The van der Waals surface area contributed by atoms with Crippen LogP contribution in [0.15, 0.2) is 30.6 Å². The number of rotatable bonds is 5. The van der Waals surface area contributed by atoms with Gasteiger partial charge in [0.05, 0.1) is 19.3 Å². The van der Waals surface area contributed by atoms with Crippen LogP contribution in [0.3, 0.4) is 0 Å². The van der Waals surface area contributed by atoms with Crippen LogP contribution in [0.1, 0.15) is 25.5 Å². The summed E-state index contributed by atoms with van der Waals surface area (Å²) in [5, 5.41) is 17.3. The lowest BCUT2D eigenvalue weighted by molar-refractivity contribution is 0.373. The number of nitrogens with zero attached hydrogens (tertiary/aromatic N) is 2. The van der Waals surface area contributed by atoms with Crippen molar-refractivity contribution in [1.29, 1.82) is 0 Å². The SMILES string of the molecule is CCn1cc(C(C)Nc2ccc(OC)c(O)c2)cn1. The maximum absolute atomic E-state index is 9.74. The standard InChI is InChI=1S/C14H19N3O2/c1-4-17-9-11(8-15-17)10(2)16-12-5-6-14(19-3)13(18)7-12/h5-10,16,18H,4H2,1-3H3. The van der Waals surface area contributed by atoms with Gasteiger partial charge in [-0.05, 0) is 26.0 Å². The Morgan fingerprint density at radius 2 is 2.26 bits per heavy atom. The Balaban J connectivity index is 2.10. The molecular weight excluding hydrogens is 242 g/mol. The van der Waals surface area contributed by atoms with Crippen molar-refractivity contribution in [2.45, 2.75) is 26.4 Å². The average Bonchev–Trinajstić information content (AvgIpc) is 2.88. The van der Waals surface area contributed by atoms with Gasteiger partial charge in [-0.3, -0.25) is 4.68 Å². The number of anilines is 1. The van der Waals surface area contributed by atoms with E-state index in [0.717, 1.165) is 17.8 Å². The van der Waals surface area contributed by atoms with Gasteiger partial charge < -0.3 is 15.2 Å². The lowest BCUT2D eigenvalue weighted by Crippen LogP contribution is -2.05. The van der Waals surface area contributed by atoms with E-state index in [1.165, 1.54) is 7.11 Å². The monoisotopic (exact) mass is 261 g/mol. The number of aromatic hydroxyl groups is 1. The zero-order valence-electron chi connectivity index (χ0n) is 11.4. The van der Waals surface area contributed by atoms with Crippen molar-refractivity contribution in [2.24, 2.45) is 0 Å². The van der Waals surface area contributed by atoms with Crippen molar-refractivity contribution in [3.8, 4) is 11.5 Å². The molecule has 102 valence electrons. The Labute approximate surface area is 112 Å². The van der Waals surface area contributed by atoms with Gasteiger partial charge in [0.25, 0.3) is 0 Å². The van der Waals surface area contributed by atoms with E-state index in [1.54, 1.807) is 12.1 Å².